The quantitative estimate of drug-likeness (QED) is 0.546. The van der Waals surface area contributed by atoms with Gasteiger partial charge >= 0.3 is 5.56 Å². The molecule has 7 heteroatoms. The molecular formula is C18H13N3O2S2. The van der Waals surface area contributed by atoms with Crippen molar-refractivity contribution in [2.24, 2.45) is 0 Å². The number of aromatic nitrogens is 3. The minimum absolute atomic E-state index is 0.206. The highest BCUT2D eigenvalue weighted by Gasteiger charge is 2.16. The normalized spacial score (nSPS) is 11.4. The van der Waals surface area contributed by atoms with Crippen molar-refractivity contribution < 1.29 is 4.74 Å². The van der Waals surface area contributed by atoms with E-state index in [2.05, 4.69) is 9.97 Å². The Balaban J connectivity index is 1.87. The molecule has 0 fully saturated rings. The number of hydrogen-bond acceptors (Lipinski definition) is 6. The van der Waals surface area contributed by atoms with E-state index < -0.39 is 0 Å². The molecule has 0 N–H and O–H groups in total. The molecule has 0 unspecified atom stereocenters. The molecule has 4 aromatic rings. The number of thiophene rings is 1. The lowest BCUT2D eigenvalue weighted by Crippen LogP contribution is -2.17. The lowest BCUT2D eigenvalue weighted by molar-refractivity contribution is 0.404. The van der Waals surface area contributed by atoms with Crippen LogP contribution >= 0.6 is 22.7 Å². The Bertz CT molecular complexity index is 1100. The molecule has 0 aliphatic rings. The van der Waals surface area contributed by atoms with Gasteiger partial charge in [-0.15, -0.1) is 22.7 Å². The Hall–Kier alpha value is -2.77. The highest BCUT2D eigenvalue weighted by molar-refractivity contribution is 7.16. The molecule has 0 aromatic carbocycles. The number of hydrogen-bond donors (Lipinski definition) is 0. The summed E-state index contributed by atoms with van der Waals surface area (Å²) >= 11 is 3.02. The third kappa shape index (κ3) is 2.88. The number of rotatable bonds is 4. The Kier molecular flexibility index (Phi) is 4.17. The molecule has 5 nitrogen and oxygen atoms in total. The maximum absolute atomic E-state index is 12.9. The fourth-order valence-corrected chi connectivity index (χ4v) is 4.20. The fraction of sp³-hybridized carbons (Fsp3) is 0.0556. The maximum atomic E-state index is 12.9. The molecule has 0 atom stereocenters. The fourth-order valence-electron chi connectivity index (χ4n) is 2.50. The summed E-state index contributed by atoms with van der Waals surface area (Å²) in [7, 11) is 1.49. The molecule has 4 rings (SSSR count). The average Bonchev–Trinajstić information content (AvgIpc) is 3.30. The van der Waals surface area contributed by atoms with Crippen molar-refractivity contribution in [3.8, 4) is 16.3 Å². The number of methoxy groups -OCH3 is 1. The van der Waals surface area contributed by atoms with E-state index in [1.165, 1.54) is 18.4 Å². The van der Waals surface area contributed by atoms with E-state index in [0.29, 0.717) is 10.7 Å². The van der Waals surface area contributed by atoms with E-state index in [1.54, 1.807) is 34.2 Å². The van der Waals surface area contributed by atoms with Gasteiger partial charge in [0.05, 0.1) is 17.7 Å². The highest BCUT2D eigenvalue weighted by Crippen LogP contribution is 2.29. The van der Waals surface area contributed by atoms with Gasteiger partial charge in [0.25, 0.3) is 0 Å². The Morgan fingerprint density at radius 2 is 2.12 bits per heavy atom. The van der Waals surface area contributed by atoms with Crippen molar-refractivity contribution in [2.75, 3.05) is 7.11 Å². The number of thiazole rings is 1. The molecule has 0 radical (unpaired) electrons. The SMILES string of the molecule is COc1c(C=Cc2cccnc2)nc2scc(-c3cccs3)n2c1=O. The van der Waals surface area contributed by atoms with Gasteiger partial charge < -0.3 is 4.74 Å². The van der Waals surface area contributed by atoms with Crippen LogP contribution in [0.4, 0.5) is 0 Å². The second-order valence-electron chi connectivity index (χ2n) is 5.17. The van der Waals surface area contributed by atoms with Gasteiger partial charge in [0.15, 0.2) is 4.96 Å². The van der Waals surface area contributed by atoms with Gasteiger partial charge in [-0.3, -0.25) is 9.78 Å². The summed E-state index contributed by atoms with van der Waals surface area (Å²) in [5, 5.41) is 3.93. The molecule has 4 aromatic heterocycles. The number of pyridine rings is 1. The zero-order valence-electron chi connectivity index (χ0n) is 13.2. The number of fused-ring (bicyclic) bond motifs is 1. The lowest BCUT2D eigenvalue weighted by atomic mass is 10.2. The molecule has 0 aliphatic heterocycles. The van der Waals surface area contributed by atoms with E-state index in [9.17, 15) is 4.79 Å². The zero-order valence-corrected chi connectivity index (χ0v) is 14.9. The second kappa shape index (κ2) is 6.62. The van der Waals surface area contributed by atoms with Gasteiger partial charge in [-0.2, -0.15) is 0 Å². The van der Waals surface area contributed by atoms with E-state index in [-0.39, 0.29) is 11.3 Å². The molecule has 0 spiro atoms. The van der Waals surface area contributed by atoms with Gasteiger partial charge in [0, 0.05) is 17.8 Å². The Morgan fingerprint density at radius 3 is 2.84 bits per heavy atom. The Morgan fingerprint density at radius 1 is 1.20 bits per heavy atom. The minimum atomic E-state index is -0.206. The first-order chi connectivity index (χ1) is 12.3. The molecule has 25 heavy (non-hydrogen) atoms. The van der Waals surface area contributed by atoms with Crippen molar-refractivity contribution in [3.05, 3.63) is 69.0 Å². The van der Waals surface area contributed by atoms with Crippen molar-refractivity contribution >= 4 is 39.8 Å². The molecule has 0 amide bonds. The first-order valence-electron chi connectivity index (χ1n) is 7.48. The van der Waals surface area contributed by atoms with Crippen molar-refractivity contribution in [1.82, 2.24) is 14.4 Å². The summed E-state index contributed by atoms with van der Waals surface area (Å²) in [6, 6.07) is 7.74. The van der Waals surface area contributed by atoms with Crippen LogP contribution < -0.4 is 10.3 Å². The summed E-state index contributed by atoms with van der Waals surface area (Å²) in [6.07, 6.45) is 7.10. The van der Waals surface area contributed by atoms with Crippen LogP contribution in [0, 0.1) is 0 Å². The molecule has 4 heterocycles. The summed E-state index contributed by atoms with van der Waals surface area (Å²) in [5.41, 5.74) is 2.07. The van der Waals surface area contributed by atoms with Crippen molar-refractivity contribution in [2.45, 2.75) is 0 Å². The van der Waals surface area contributed by atoms with Gasteiger partial charge in [0.1, 0.15) is 5.69 Å². The standard InChI is InChI=1S/C18H13N3O2S2/c1-23-16-13(7-6-12-4-2-8-19-10-12)20-18-21(17(16)22)14(11-25-18)15-5-3-9-24-15/h2-11H,1H3. The van der Waals surface area contributed by atoms with Gasteiger partial charge in [0.2, 0.25) is 5.75 Å². The molecule has 0 bridgehead atoms. The van der Waals surface area contributed by atoms with E-state index in [4.69, 9.17) is 4.74 Å². The molecule has 0 saturated carbocycles. The van der Waals surface area contributed by atoms with Gasteiger partial charge in [-0.05, 0) is 29.2 Å². The molecular weight excluding hydrogens is 354 g/mol. The third-order valence-corrected chi connectivity index (χ3v) is 5.37. The minimum Gasteiger partial charge on any atom is -0.490 e. The van der Waals surface area contributed by atoms with Crippen LogP contribution in [0.5, 0.6) is 5.75 Å². The predicted octanol–water partition coefficient (Wildman–Crippen LogP) is 4.06. The summed E-state index contributed by atoms with van der Waals surface area (Å²) in [6.45, 7) is 0. The first-order valence-corrected chi connectivity index (χ1v) is 9.24. The molecule has 0 saturated heterocycles. The van der Waals surface area contributed by atoms with Crippen LogP contribution in [0.3, 0.4) is 0 Å². The smallest absolute Gasteiger partial charge is 0.302 e. The summed E-state index contributed by atoms with van der Waals surface area (Å²) in [5.74, 6) is 0.230. The van der Waals surface area contributed by atoms with Crippen molar-refractivity contribution in [1.29, 1.82) is 0 Å². The second-order valence-corrected chi connectivity index (χ2v) is 6.96. The van der Waals surface area contributed by atoms with Crippen LogP contribution in [-0.2, 0) is 0 Å². The van der Waals surface area contributed by atoms with Crippen LogP contribution in [0.1, 0.15) is 11.3 Å². The summed E-state index contributed by atoms with van der Waals surface area (Å²) < 4.78 is 6.97. The van der Waals surface area contributed by atoms with E-state index >= 15 is 0 Å². The third-order valence-electron chi connectivity index (χ3n) is 3.65. The predicted molar refractivity (Wildman–Crippen MR) is 102 cm³/mol. The maximum Gasteiger partial charge on any atom is 0.302 e. The Labute approximate surface area is 151 Å². The average molecular weight is 367 g/mol. The molecule has 124 valence electrons. The number of ether oxygens (including phenoxy) is 1. The zero-order chi connectivity index (χ0) is 17.2. The van der Waals surface area contributed by atoms with Crippen molar-refractivity contribution in [3.63, 3.8) is 0 Å². The number of nitrogens with zero attached hydrogens (tertiary/aromatic N) is 3. The summed E-state index contributed by atoms with van der Waals surface area (Å²) in [4.78, 5) is 23.3. The topological polar surface area (TPSA) is 56.5 Å². The van der Waals surface area contributed by atoms with E-state index in [1.807, 2.05) is 41.1 Å². The highest BCUT2D eigenvalue weighted by atomic mass is 32.1. The van der Waals surface area contributed by atoms with Crippen LogP contribution in [-0.4, -0.2) is 21.5 Å². The lowest BCUT2D eigenvalue weighted by Gasteiger charge is -2.06. The van der Waals surface area contributed by atoms with Gasteiger partial charge in [-0.25, -0.2) is 9.38 Å². The van der Waals surface area contributed by atoms with Crippen LogP contribution in [0.25, 0.3) is 27.7 Å². The van der Waals surface area contributed by atoms with Crippen LogP contribution in [0.15, 0.2) is 52.2 Å². The first kappa shape index (κ1) is 15.7. The monoisotopic (exact) mass is 367 g/mol. The largest absolute Gasteiger partial charge is 0.490 e. The van der Waals surface area contributed by atoms with Gasteiger partial charge in [-0.1, -0.05) is 18.2 Å². The molecule has 0 aliphatic carbocycles. The van der Waals surface area contributed by atoms with Crippen LogP contribution in [0.2, 0.25) is 0 Å². The van der Waals surface area contributed by atoms with E-state index in [0.717, 1.165) is 16.1 Å².